The van der Waals surface area contributed by atoms with E-state index in [-0.39, 0.29) is 0 Å². The van der Waals surface area contributed by atoms with Crippen LogP contribution in [-0.2, 0) is 0 Å². The second-order valence-corrected chi connectivity index (χ2v) is 1.62. The lowest BCUT2D eigenvalue weighted by atomic mass is 10.4. The van der Waals surface area contributed by atoms with Crippen molar-refractivity contribution < 1.29 is 0 Å². The number of hydrogen-bond donors (Lipinski definition) is 1. The predicted octanol–water partition coefficient (Wildman–Crippen LogP) is -0.156. The van der Waals surface area contributed by atoms with Gasteiger partial charge >= 0.3 is 0 Å². The number of allylic oxidation sites excluding steroid dienone is 1. The maximum atomic E-state index is 8.34. The lowest BCUT2D eigenvalue weighted by Gasteiger charge is -2.08. The molecule has 8 heavy (non-hydrogen) atoms. The summed E-state index contributed by atoms with van der Waals surface area (Å²) in [6, 6.07) is 2.04. The van der Waals surface area contributed by atoms with Gasteiger partial charge in [-0.05, 0) is 6.08 Å². The SMILES string of the molecule is CN1NCC=C1C#N. The molecular weight excluding hydrogens is 102 g/mol. The molecule has 0 aromatic rings. The highest BCUT2D eigenvalue weighted by Gasteiger charge is 2.06. The minimum absolute atomic E-state index is 0.699. The number of rotatable bonds is 0. The van der Waals surface area contributed by atoms with Crippen LogP contribution in [0.15, 0.2) is 11.8 Å². The summed E-state index contributed by atoms with van der Waals surface area (Å²) in [6.07, 6.45) is 1.85. The van der Waals surface area contributed by atoms with E-state index in [1.54, 1.807) is 5.01 Å². The highest BCUT2D eigenvalue weighted by Crippen LogP contribution is 1.99. The van der Waals surface area contributed by atoms with Crippen molar-refractivity contribution in [1.82, 2.24) is 10.4 Å². The summed E-state index contributed by atoms with van der Waals surface area (Å²) in [5.74, 6) is 0. The average molecular weight is 109 g/mol. The Morgan fingerprint density at radius 3 is 3.00 bits per heavy atom. The standard InChI is InChI=1S/C5H7N3/c1-8-5(4-6)2-3-7-8/h2,7H,3H2,1H3. The summed E-state index contributed by atoms with van der Waals surface area (Å²) in [5.41, 5.74) is 3.64. The number of hydrazine groups is 1. The Morgan fingerprint density at radius 2 is 2.75 bits per heavy atom. The fourth-order valence-electron chi connectivity index (χ4n) is 0.622. The molecule has 1 aliphatic rings. The van der Waals surface area contributed by atoms with Gasteiger partial charge in [0.15, 0.2) is 0 Å². The molecule has 1 rings (SSSR count). The third-order valence-electron chi connectivity index (χ3n) is 1.10. The molecule has 1 N–H and O–H groups in total. The third-order valence-corrected chi connectivity index (χ3v) is 1.10. The van der Waals surface area contributed by atoms with Crippen molar-refractivity contribution in [2.75, 3.05) is 13.6 Å². The van der Waals surface area contributed by atoms with Gasteiger partial charge in [0.25, 0.3) is 0 Å². The number of nitriles is 1. The Morgan fingerprint density at radius 1 is 2.00 bits per heavy atom. The van der Waals surface area contributed by atoms with E-state index in [4.69, 9.17) is 5.26 Å². The van der Waals surface area contributed by atoms with Crippen LogP contribution in [0.25, 0.3) is 0 Å². The predicted molar refractivity (Wildman–Crippen MR) is 29.5 cm³/mol. The first kappa shape index (κ1) is 5.13. The maximum Gasteiger partial charge on any atom is 0.127 e. The molecule has 3 nitrogen and oxygen atoms in total. The zero-order valence-corrected chi connectivity index (χ0v) is 4.68. The molecule has 3 heteroatoms. The molecule has 0 unspecified atom stereocenters. The highest BCUT2D eigenvalue weighted by atomic mass is 15.5. The van der Waals surface area contributed by atoms with Gasteiger partial charge in [-0.3, -0.25) is 0 Å². The van der Waals surface area contributed by atoms with Crippen LogP contribution in [-0.4, -0.2) is 18.6 Å². The van der Waals surface area contributed by atoms with Crippen molar-refractivity contribution >= 4 is 0 Å². The van der Waals surface area contributed by atoms with Crippen molar-refractivity contribution in [2.45, 2.75) is 0 Å². The summed E-state index contributed by atoms with van der Waals surface area (Å²) in [7, 11) is 1.82. The fourth-order valence-corrected chi connectivity index (χ4v) is 0.622. The molecule has 1 heterocycles. The van der Waals surface area contributed by atoms with Crippen LogP contribution in [0.2, 0.25) is 0 Å². The van der Waals surface area contributed by atoms with E-state index in [9.17, 15) is 0 Å². The average Bonchev–Trinajstić information content (AvgIpc) is 2.14. The minimum Gasteiger partial charge on any atom is -0.302 e. The Hall–Kier alpha value is -1.01. The van der Waals surface area contributed by atoms with Crippen molar-refractivity contribution in [2.24, 2.45) is 0 Å². The van der Waals surface area contributed by atoms with Crippen molar-refractivity contribution in [3.05, 3.63) is 11.8 Å². The van der Waals surface area contributed by atoms with Crippen LogP contribution < -0.4 is 5.43 Å². The molecular formula is C5H7N3. The van der Waals surface area contributed by atoms with Crippen LogP contribution in [0.5, 0.6) is 0 Å². The zero-order valence-electron chi connectivity index (χ0n) is 4.68. The summed E-state index contributed by atoms with van der Waals surface area (Å²) in [4.78, 5) is 0. The largest absolute Gasteiger partial charge is 0.302 e. The summed E-state index contributed by atoms with van der Waals surface area (Å²) in [6.45, 7) is 0.777. The molecule has 0 atom stereocenters. The maximum absolute atomic E-state index is 8.34. The molecule has 0 spiro atoms. The van der Waals surface area contributed by atoms with Crippen molar-refractivity contribution in [1.29, 1.82) is 5.26 Å². The number of hydrogen-bond acceptors (Lipinski definition) is 3. The molecule has 0 aromatic heterocycles. The Balaban J connectivity index is 2.66. The van der Waals surface area contributed by atoms with Crippen LogP contribution in [0.4, 0.5) is 0 Å². The monoisotopic (exact) mass is 109 g/mol. The quantitative estimate of drug-likeness (QED) is 0.470. The second-order valence-electron chi connectivity index (χ2n) is 1.62. The smallest absolute Gasteiger partial charge is 0.127 e. The molecule has 1 aliphatic heterocycles. The Bertz CT molecular complexity index is 154. The van der Waals surface area contributed by atoms with Gasteiger partial charge in [0, 0.05) is 13.6 Å². The van der Waals surface area contributed by atoms with Crippen LogP contribution in [0.1, 0.15) is 0 Å². The highest BCUT2D eigenvalue weighted by molar-refractivity contribution is 5.21. The van der Waals surface area contributed by atoms with Gasteiger partial charge in [-0.2, -0.15) is 5.26 Å². The molecule has 0 aliphatic carbocycles. The lowest BCUT2D eigenvalue weighted by molar-refractivity contribution is 0.357. The molecule has 0 bridgehead atoms. The normalized spacial score (nSPS) is 18.0. The van der Waals surface area contributed by atoms with Crippen LogP contribution in [0.3, 0.4) is 0 Å². The summed E-state index contributed by atoms with van der Waals surface area (Å²) >= 11 is 0. The van der Waals surface area contributed by atoms with E-state index in [1.165, 1.54) is 0 Å². The summed E-state index contributed by atoms with van der Waals surface area (Å²) < 4.78 is 0. The zero-order chi connectivity index (χ0) is 5.98. The fraction of sp³-hybridized carbons (Fsp3) is 0.400. The molecule has 0 radical (unpaired) electrons. The van der Waals surface area contributed by atoms with E-state index in [0.717, 1.165) is 6.54 Å². The third kappa shape index (κ3) is 0.658. The topological polar surface area (TPSA) is 39.1 Å². The molecule has 0 aromatic carbocycles. The van der Waals surface area contributed by atoms with Crippen LogP contribution >= 0.6 is 0 Å². The van der Waals surface area contributed by atoms with Gasteiger partial charge < -0.3 is 5.01 Å². The number of nitrogens with one attached hydrogen (secondary N) is 1. The lowest BCUT2D eigenvalue weighted by Crippen LogP contribution is -2.26. The van der Waals surface area contributed by atoms with Gasteiger partial charge in [0.2, 0.25) is 0 Å². The van der Waals surface area contributed by atoms with E-state index in [1.807, 2.05) is 19.2 Å². The van der Waals surface area contributed by atoms with E-state index < -0.39 is 0 Å². The first-order valence-corrected chi connectivity index (χ1v) is 2.42. The Kier molecular flexibility index (Phi) is 1.18. The minimum atomic E-state index is 0.699. The van der Waals surface area contributed by atoms with Crippen molar-refractivity contribution in [3.63, 3.8) is 0 Å². The molecule has 0 amide bonds. The van der Waals surface area contributed by atoms with Gasteiger partial charge in [0.05, 0.1) is 0 Å². The van der Waals surface area contributed by atoms with E-state index >= 15 is 0 Å². The Labute approximate surface area is 48.2 Å². The van der Waals surface area contributed by atoms with Gasteiger partial charge in [-0.15, -0.1) is 0 Å². The molecule has 0 saturated carbocycles. The molecule has 0 saturated heterocycles. The van der Waals surface area contributed by atoms with E-state index in [2.05, 4.69) is 5.43 Å². The first-order valence-electron chi connectivity index (χ1n) is 2.42. The van der Waals surface area contributed by atoms with Gasteiger partial charge in [-0.1, -0.05) is 0 Å². The molecule has 0 fully saturated rings. The number of nitrogens with zero attached hydrogens (tertiary/aromatic N) is 2. The van der Waals surface area contributed by atoms with Gasteiger partial charge in [0.1, 0.15) is 11.8 Å². The van der Waals surface area contributed by atoms with Gasteiger partial charge in [-0.25, -0.2) is 5.43 Å². The second kappa shape index (κ2) is 1.85. The summed E-state index contributed by atoms with van der Waals surface area (Å²) in [5, 5.41) is 10.0. The van der Waals surface area contributed by atoms with E-state index in [0.29, 0.717) is 5.70 Å². The van der Waals surface area contributed by atoms with Crippen LogP contribution in [0, 0.1) is 11.3 Å². The van der Waals surface area contributed by atoms with Crippen molar-refractivity contribution in [3.8, 4) is 6.07 Å². The first-order chi connectivity index (χ1) is 3.84. The molecule has 42 valence electrons.